The lowest BCUT2D eigenvalue weighted by Gasteiger charge is -2.38. The summed E-state index contributed by atoms with van der Waals surface area (Å²) in [4.78, 5) is 13.1. The molecule has 1 saturated carbocycles. The van der Waals surface area contributed by atoms with Crippen LogP contribution in [-0.4, -0.2) is 36.5 Å². The number of hydrogen-bond acceptors (Lipinski definition) is 3. The van der Waals surface area contributed by atoms with Gasteiger partial charge in [0.2, 0.25) is 5.91 Å². The Bertz CT molecular complexity index is 238. The lowest BCUT2D eigenvalue weighted by Crippen LogP contribution is -2.46. The van der Waals surface area contributed by atoms with Gasteiger partial charge < -0.3 is 16.4 Å². The van der Waals surface area contributed by atoms with Crippen molar-refractivity contribution < 1.29 is 4.79 Å². The van der Waals surface area contributed by atoms with Crippen molar-refractivity contribution in [1.82, 2.24) is 4.90 Å². The smallest absolute Gasteiger partial charge is 0.235 e. The molecule has 14 heavy (non-hydrogen) atoms. The lowest BCUT2D eigenvalue weighted by molar-refractivity contribution is -0.119. The van der Waals surface area contributed by atoms with Crippen molar-refractivity contribution in [3.05, 3.63) is 0 Å². The van der Waals surface area contributed by atoms with Crippen LogP contribution in [0.5, 0.6) is 0 Å². The van der Waals surface area contributed by atoms with E-state index in [2.05, 4.69) is 4.90 Å². The molecule has 1 aliphatic carbocycles. The van der Waals surface area contributed by atoms with Gasteiger partial charge in [-0.3, -0.25) is 4.79 Å². The summed E-state index contributed by atoms with van der Waals surface area (Å²) in [6.07, 6.45) is 5.36. The summed E-state index contributed by atoms with van der Waals surface area (Å²) < 4.78 is 0. The van der Waals surface area contributed by atoms with Crippen LogP contribution in [-0.2, 0) is 4.79 Å². The Hall–Kier alpha value is -0.610. The average molecular weight is 197 g/mol. The molecule has 4 nitrogen and oxygen atoms in total. The molecule has 2 fully saturated rings. The van der Waals surface area contributed by atoms with Crippen molar-refractivity contribution in [3.63, 3.8) is 0 Å². The molecule has 1 aliphatic heterocycles. The first-order valence-corrected chi connectivity index (χ1v) is 5.39. The van der Waals surface area contributed by atoms with E-state index in [0.29, 0.717) is 12.0 Å². The normalized spacial score (nSPS) is 27.5. The highest BCUT2D eigenvalue weighted by Gasteiger charge is 2.42. The maximum Gasteiger partial charge on any atom is 0.235 e. The highest BCUT2D eigenvalue weighted by molar-refractivity contribution is 5.79. The maximum absolute atomic E-state index is 10.8. The summed E-state index contributed by atoms with van der Waals surface area (Å²) in [6, 6.07) is -0.495. The zero-order valence-electron chi connectivity index (χ0n) is 8.54. The number of hydrogen-bond donors (Lipinski definition) is 2. The molecule has 0 aromatic rings. The quantitative estimate of drug-likeness (QED) is 0.651. The van der Waals surface area contributed by atoms with Crippen LogP contribution in [0.4, 0.5) is 0 Å². The van der Waals surface area contributed by atoms with Gasteiger partial charge in [-0.1, -0.05) is 6.42 Å². The molecule has 0 bridgehead atoms. The third-order valence-corrected chi connectivity index (χ3v) is 3.75. The Labute approximate surface area is 84.6 Å². The van der Waals surface area contributed by atoms with E-state index in [9.17, 15) is 4.79 Å². The predicted molar refractivity (Wildman–Crippen MR) is 54.5 cm³/mol. The predicted octanol–water partition coefficient (Wildman–Crippen LogP) is -0.325. The van der Waals surface area contributed by atoms with Gasteiger partial charge in [0.25, 0.3) is 0 Å². The molecule has 2 aliphatic rings. The Balaban J connectivity index is 1.81. The van der Waals surface area contributed by atoms with E-state index in [0.717, 1.165) is 13.1 Å². The second-order valence-electron chi connectivity index (χ2n) is 4.85. The summed E-state index contributed by atoms with van der Waals surface area (Å²) in [5, 5.41) is 0. The SMILES string of the molecule is NC(=O)C(N)CN1CCC2(CCC2)C1. The first-order valence-electron chi connectivity index (χ1n) is 5.39. The molecule has 0 aromatic carbocycles. The van der Waals surface area contributed by atoms with Gasteiger partial charge in [-0.05, 0) is 31.2 Å². The highest BCUT2D eigenvalue weighted by Crippen LogP contribution is 2.47. The van der Waals surface area contributed by atoms with E-state index in [1.807, 2.05) is 0 Å². The van der Waals surface area contributed by atoms with E-state index >= 15 is 0 Å². The third kappa shape index (κ3) is 1.77. The molecule has 4 heteroatoms. The molecule has 0 radical (unpaired) electrons. The number of rotatable bonds is 3. The van der Waals surface area contributed by atoms with Crippen LogP contribution in [0, 0.1) is 5.41 Å². The van der Waals surface area contributed by atoms with Gasteiger partial charge in [-0.25, -0.2) is 0 Å². The van der Waals surface area contributed by atoms with Crippen molar-refractivity contribution in [1.29, 1.82) is 0 Å². The zero-order valence-corrected chi connectivity index (χ0v) is 8.54. The van der Waals surface area contributed by atoms with Crippen LogP contribution in [0.25, 0.3) is 0 Å². The Morgan fingerprint density at radius 3 is 2.57 bits per heavy atom. The van der Waals surface area contributed by atoms with Crippen LogP contribution >= 0.6 is 0 Å². The molecule has 1 amide bonds. The maximum atomic E-state index is 10.8. The summed E-state index contributed by atoms with van der Waals surface area (Å²) in [5.74, 6) is -0.389. The lowest BCUT2D eigenvalue weighted by atomic mass is 9.68. The van der Waals surface area contributed by atoms with E-state index in [1.165, 1.54) is 25.7 Å². The van der Waals surface area contributed by atoms with Crippen LogP contribution < -0.4 is 11.5 Å². The van der Waals surface area contributed by atoms with Gasteiger partial charge >= 0.3 is 0 Å². The van der Waals surface area contributed by atoms with Crippen molar-refractivity contribution in [2.75, 3.05) is 19.6 Å². The molecular formula is C10H19N3O. The first-order chi connectivity index (χ1) is 6.61. The molecular weight excluding hydrogens is 178 g/mol. The average Bonchev–Trinajstić information content (AvgIpc) is 2.47. The fourth-order valence-corrected chi connectivity index (χ4v) is 2.64. The molecule has 1 heterocycles. The van der Waals surface area contributed by atoms with Gasteiger partial charge in [0.05, 0.1) is 6.04 Å². The number of primary amides is 1. The summed E-state index contributed by atoms with van der Waals surface area (Å²) in [6.45, 7) is 2.84. The van der Waals surface area contributed by atoms with Crippen molar-refractivity contribution in [3.8, 4) is 0 Å². The van der Waals surface area contributed by atoms with Gasteiger partial charge in [-0.15, -0.1) is 0 Å². The number of likely N-dealkylation sites (tertiary alicyclic amines) is 1. The van der Waals surface area contributed by atoms with Crippen LogP contribution in [0.15, 0.2) is 0 Å². The third-order valence-electron chi connectivity index (χ3n) is 3.75. The minimum atomic E-state index is -0.495. The fraction of sp³-hybridized carbons (Fsp3) is 0.900. The van der Waals surface area contributed by atoms with Crippen LogP contribution in [0.3, 0.4) is 0 Å². The standard InChI is InChI=1S/C10H19N3O/c11-8(9(12)14)6-13-5-4-10(7-13)2-1-3-10/h8H,1-7,11H2,(H2,12,14). The Kier molecular flexibility index (Phi) is 2.49. The van der Waals surface area contributed by atoms with E-state index < -0.39 is 6.04 Å². The number of carbonyl (C=O) groups is 1. The minimum Gasteiger partial charge on any atom is -0.368 e. The van der Waals surface area contributed by atoms with Crippen molar-refractivity contribution in [2.45, 2.75) is 31.7 Å². The Morgan fingerprint density at radius 2 is 2.14 bits per heavy atom. The first kappa shape index (κ1) is 9.93. The molecule has 2 rings (SSSR count). The molecule has 1 saturated heterocycles. The van der Waals surface area contributed by atoms with Crippen molar-refractivity contribution >= 4 is 5.91 Å². The fourth-order valence-electron chi connectivity index (χ4n) is 2.64. The van der Waals surface area contributed by atoms with Gasteiger partial charge in [0.15, 0.2) is 0 Å². The topological polar surface area (TPSA) is 72.3 Å². The minimum absolute atomic E-state index is 0.389. The molecule has 4 N–H and O–H groups in total. The van der Waals surface area contributed by atoms with Crippen LogP contribution in [0.2, 0.25) is 0 Å². The second kappa shape index (κ2) is 3.51. The largest absolute Gasteiger partial charge is 0.368 e. The van der Waals surface area contributed by atoms with Gasteiger partial charge in [0.1, 0.15) is 0 Å². The van der Waals surface area contributed by atoms with Gasteiger partial charge in [-0.2, -0.15) is 0 Å². The monoisotopic (exact) mass is 197 g/mol. The molecule has 80 valence electrons. The van der Waals surface area contributed by atoms with E-state index in [1.54, 1.807) is 0 Å². The second-order valence-corrected chi connectivity index (χ2v) is 4.85. The summed E-state index contributed by atoms with van der Waals surface area (Å²) in [5.41, 5.74) is 11.3. The van der Waals surface area contributed by atoms with Crippen LogP contribution in [0.1, 0.15) is 25.7 Å². The molecule has 0 aromatic heterocycles. The number of nitrogens with two attached hydrogens (primary N) is 2. The highest BCUT2D eigenvalue weighted by atomic mass is 16.1. The number of amides is 1. The molecule has 1 unspecified atom stereocenters. The Morgan fingerprint density at radius 1 is 1.43 bits per heavy atom. The zero-order chi connectivity index (χ0) is 10.2. The van der Waals surface area contributed by atoms with E-state index in [-0.39, 0.29) is 5.91 Å². The molecule has 1 spiro atoms. The summed E-state index contributed by atoms with van der Waals surface area (Å²) in [7, 11) is 0. The van der Waals surface area contributed by atoms with Gasteiger partial charge in [0, 0.05) is 13.1 Å². The van der Waals surface area contributed by atoms with E-state index in [4.69, 9.17) is 11.5 Å². The van der Waals surface area contributed by atoms with Crippen molar-refractivity contribution in [2.24, 2.45) is 16.9 Å². The number of nitrogens with zero attached hydrogens (tertiary/aromatic N) is 1. The summed E-state index contributed by atoms with van der Waals surface area (Å²) >= 11 is 0. The number of carbonyl (C=O) groups excluding carboxylic acids is 1. The molecule has 1 atom stereocenters.